The summed E-state index contributed by atoms with van der Waals surface area (Å²) in [7, 11) is 0. The Morgan fingerprint density at radius 1 is 0.547 bits per heavy atom. The van der Waals surface area contributed by atoms with Crippen LogP contribution in [0.4, 0.5) is 0 Å². The fraction of sp³-hybridized carbons (Fsp3) is 0.118. The third kappa shape index (κ3) is 8.63. The summed E-state index contributed by atoms with van der Waals surface area (Å²) in [6.45, 7) is 13.0. The van der Waals surface area contributed by atoms with Gasteiger partial charge >= 0.3 is 0 Å². The molecule has 7 heteroatoms. The first-order valence-electron chi connectivity index (χ1n) is 28.7. The van der Waals surface area contributed by atoms with E-state index in [2.05, 4.69) is 130 Å². The molecular weight excluding hydrogens is 1100 g/mol. The molecule has 0 saturated carbocycles. The van der Waals surface area contributed by atoms with Gasteiger partial charge in [0.25, 0.3) is 0 Å². The maximum absolute atomic E-state index is 9.98. The van der Waals surface area contributed by atoms with E-state index >= 15 is 0 Å². The van der Waals surface area contributed by atoms with Crippen molar-refractivity contribution in [1.29, 1.82) is 0 Å². The third-order valence-electron chi connectivity index (χ3n) is 13.8. The van der Waals surface area contributed by atoms with E-state index in [0.29, 0.717) is 38.8 Å². The first-order chi connectivity index (χ1) is 39.2. The van der Waals surface area contributed by atoms with Crippen molar-refractivity contribution in [2.45, 2.75) is 52.4 Å². The molecule has 0 fully saturated rings. The molecule has 14 rings (SSSR count). The summed E-state index contributed by atoms with van der Waals surface area (Å²) < 4.78 is 92.0. The van der Waals surface area contributed by atoms with E-state index in [1.807, 2.05) is 78.9 Å². The Labute approximate surface area is 461 Å². The second kappa shape index (κ2) is 18.6. The van der Waals surface area contributed by atoms with Gasteiger partial charge in [-0.3, -0.25) is 0 Å². The van der Waals surface area contributed by atoms with Crippen LogP contribution in [-0.4, -0.2) is 18.5 Å². The number of rotatable bonds is 2. The topological polar surface area (TPSA) is 53.4 Å². The van der Waals surface area contributed by atoms with Gasteiger partial charge in [0.05, 0.1) is 11.0 Å². The molecular formula is C68H53N4O2Pt-3. The molecule has 370 valence electrons. The second-order valence-electron chi connectivity index (χ2n) is 20.8. The first-order valence-corrected chi connectivity index (χ1v) is 24.7. The SMILES string of the molecule is [2H]c1c([2H])c([2H])c(-c2c([2H])c([2H])c3c4ccc5[c-]c4n(c4cc(C(C)(C)C)c(cn4)c4cccc(c4)oc4cccc(c4)c4cc(C(C)(C)C)cc(-c6ccccc6)c4n4[cH-]n(c6[c-]c(ccc6)o5)-c5ccccc5-4)c3c2[2H])c([2H])c1[2H].[Pt]. The van der Waals surface area contributed by atoms with Crippen molar-refractivity contribution in [3.8, 4) is 33.6 Å². The van der Waals surface area contributed by atoms with Gasteiger partial charge in [-0.25, -0.2) is 4.98 Å². The quantitative estimate of drug-likeness (QED) is 0.162. The molecule has 0 radical (unpaired) electrons. The van der Waals surface area contributed by atoms with Crippen molar-refractivity contribution in [2.24, 2.45) is 0 Å². The zero-order valence-corrected chi connectivity index (χ0v) is 44.3. The first kappa shape index (κ1) is 39.2. The van der Waals surface area contributed by atoms with E-state index in [4.69, 9.17) is 20.7 Å². The number of hydrogen-bond donors (Lipinski definition) is 0. The van der Waals surface area contributed by atoms with Crippen LogP contribution >= 0.6 is 0 Å². The van der Waals surface area contributed by atoms with Gasteiger partial charge in [-0.2, -0.15) is 24.3 Å². The molecule has 0 aliphatic carbocycles. The van der Waals surface area contributed by atoms with Crippen LogP contribution in [0.2, 0.25) is 0 Å². The average Bonchev–Trinajstić information content (AvgIpc) is 3.61. The molecule has 5 heterocycles. The van der Waals surface area contributed by atoms with Crippen LogP contribution in [-0.2, 0) is 31.9 Å². The molecule has 0 amide bonds. The zero-order valence-electron chi connectivity index (χ0n) is 50.0. The van der Waals surface area contributed by atoms with Gasteiger partial charge in [0.2, 0.25) is 0 Å². The van der Waals surface area contributed by atoms with Crippen LogP contribution in [0.1, 0.15) is 63.6 Å². The van der Waals surface area contributed by atoms with Crippen LogP contribution in [0, 0.1) is 12.1 Å². The standard InChI is InChI=1S/C68H53N4O2.Pt/c1-67(2,3)49-37-57(45-20-11-8-12-21-45)66-58(38-49)47-22-15-25-51(34-47)73-52-26-16-23-48(35-52)59-42-69-65(41-60(59)68(4,5)6)72-63-36-46(44-18-9-7-10-19-44)30-32-55(63)56-33-31-54(40-64(56)72)74-53-27-17-24-50(39-53)70-43-71(66)62-29-14-13-28-61(62)70;/h7-38,41-43H,1-6H3;/q-3;/i7D,9D,10D,18D,19D,30D,32D,36D;. The molecule has 1 aliphatic heterocycles. The Bertz CT molecular complexity index is 4980. The number of aromatic nitrogens is 4. The third-order valence-corrected chi connectivity index (χ3v) is 13.8. The number of pyridine rings is 1. The molecule has 0 unspecified atom stereocenters. The van der Waals surface area contributed by atoms with Crippen molar-refractivity contribution in [3.05, 3.63) is 236 Å². The normalized spacial score (nSPS) is 13.5. The fourth-order valence-electron chi connectivity index (χ4n) is 10.1. The number of hydrogen-bond acceptors (Lipinski definition) is 3. The molecule has 0 N–H and O–H groups in total. The van der Waals surface area contributed by atoms with Gasteiger partial charge in [-0.15, -0.1) is 29.1 Å². The smallest absolute Gasteiger partial charge is 0.135 e. The van der Waals surface area contributed by atoms with E-state index in [9.17, 15) is 4.11 Å². The average molecular weight is 1160 g/mol. The number of benzene rings is 9. The largest absolute Gasteiger partial charge is 0.510 e. The number of para-hydroxylation sites is 2. The van der Waals surface area contributed by atoms with Crippen LogP contribution in [0.15, 0.2) is 221 Å². The minimum absolute atomic E-state index is 0. The molecule has 4 aromatic heterocycles. The van der Waals surface area contributed by atoms with E-state index < -0.39 is 41.7 Å². The van der Waals surface area contributed by atoms with Crippen LogP contribution in [0.3, 0.4) is 0 Å². The van der Waals surface area contributed by atoms with Gasteiger partial charge < -0.3 is 22.4 Å². The summed E-state index contributed by atoms with van der Waals surface area (Å²) >= 11 is 0. The monoisotopic (exact) mass is 1160 g/mol. The summed E-state index contributed by atoms with van der Waals surface area (Å²) in [5.74, 6) is 0. The molecule has 1 aliphatic rings. The molecule has 6 nitrogen and oxygen atoms in total. The number of nitrogens with zero attached hydrogens (tertiary/aromatic N) is 4. The zero-order chi connectivity index (χ0) is 57.3. The summed E-state index contributed by atoms with van der Waals surface area (Å²) in [6, 6.07) is 53.6. The minimum Gasteiger partial charge on any atom is -0.510 e. The molecule has 75 heavy (non-hydrogen) atoms. The van der Waals surface area contributed by atoms with E-state index in [1.165, 1.54) is 5.56 Å². The number of fused-ring (bicyclic) bond motifs is 5. The van der Waals surface area contributed by atoms with Crippen molar-refractivity contribution < 1.29 is 40.9 Å². The van der Waals surface area contributed by atoms with E-state index in [1.54, 1.807) is 22.7 Å². The van der Waals surface area contributed by atoms with Crippen molar-refractivity contribution in [2.75, 3.05) is 0 Å². The molecule has 0 atom stereocenters. The van der Waals surface area contributed by atoms with Crippen LogP contribution < -0.4 is 0 Å². The molecule has 9 aromatic carbocycles. The minimum atomic E-state index is -0.613. The second-order valence-corrected chi connectivity index (χ2v) is 20.8. The van der Waals surface area contributed by atoms with Gasteiger partial charge in [0.1, 0.15) is 16.8 Å². The molecule has 0 saturated heterocycles. The molecule has 0 spiro atoms. The summed E-state index contributed by atoms with van der Waals surface area (Å²) in [5.41, 5.74) is 9.16. The molecule has 12 bridgehead atoms. The Balaban J connectivity index is 0.00000680. The predicted octanol–water partition coefficient (Wildman–Crippen LogP) is 18.2. The fourth-order valence-corrected chi connectivity index (χ4v) is 10.1. The summed E-state index contributed by atoms with van der Waals surface area (Å²) in [4.78, 5) is 5.14. The van der Waals surface area contributed by atoms with Gasteiger partial charge in [0, 0.05) is 55.7 Å². The summed E-state index contributed by atoms with van der Waals surface area (Å²) in [5, 5.41) is 4.32. The van der Waals surface area contributed by atoms with Gasteiger partial charge in [0.15, 0.2) is 0 Å². The molecule has 13 aromatic rings. The maximum Gasteiger partial charge on any atom is 0.135 e. The van der Waals surface area contributed by atoms with Crippen LogP contribution in [0.25, 0.3) is 116 Å². The van der Waals surface area contributed by atoms with Gasteiger partial charge in [-0.1, -0.05) is 180 Å². The Kier molecular flexibility index (Phi) is 9.70. The Morgan fingerprint density at radius 2 is 1.24 bits per heavy atom. The number of imidazole rings is 1. The maximum atomic E-state index is 9.98. The Morgan fingerprint density at radius 3 is 1.97 bits per heavy atom. The summed E-state index contributed by atoms with van der Waals surface area (Å²) in [6.07, 6.45) is 3.89. The van der Waals surface area contributed by atoms with Crippen molar-refractivity contribution in [3.63, 3.8) is 0 Å². The Hall–Kier alpha value is -8.31. The van der Waals surface area contributed by atoms with E-state index in [-0.39, 0.29) is 66.2 Å². The van der Waals surface area contributed by atoms with E-state index in [0.717, 1.165) is 55.1 Å². The van der Waals surface area contributed by atoms with Gasteiger partial charge in [-0.05, 0) is 119 Å². The van der Waals surface area contributed by atoms with Crippen molar-refractivity contribution in [1.82, 2.24) is 18.5 Å². The predicted molar refractivity (Wildman–Crippen MR) is 307 cm³/mol. The van der Waals surface area contributed by atoms with Crippen molar-refractivity contribution >= 4 is 82.4 Å². The van der Waals surface area contributed by atoms with Crippen LogP contribution in [0.5, 0.6) is 0 Å².